The van der Waals surface area contributed by atoms with Crippen LogP contribution in [0.3, 0.4) is 0 Å². The van der Waals surface area contributed by atoms with Crippen LogP contribution in [0, 0.1) is 11.2 Å². The molecular weight excluding hydrogens is 233 g/mol. The van der Waals surface area contributed by atoms with E-state index < -0.39 is 0 Å². The van der Waals surface area contributed by atoms with Gasteiger partial charge in [-0.1, -0.05) is 12.5 Å². The zero-order valence-corrected chi connectivity index (χ0v) is 10.8. The molecular formula is C14H18FNS. The molecule has 0 aromatic heterocycles. The Morgan fingerprint density at radius 3 is 2.82 bits per heavy atom. The zero-order valence-electron chi connectivity index (χ0n) is 9.95. The highest BCUT2D eigenvalue weighted by Crippen LogP contribution is 2.44. The van der Waals surface area contributed by atoms with E-state index in [9.17, 15) is 4.39 Å². The van der Waals surface area contributed by atoms with Gasteiger partial charge >= 0.3 is 0 Å². The fourth-order valence-corrected chi connectivity index (χ4v) is 3.45. The van der Waals surface area contributed by atoms with Gasteiger partial charge in [-0.3, -0.25) is 0 Å². The molecule has 3 heteroatoms. The molecule has 0 N–H and O–H groups in total. The third kappa shape index (κ3) is 1.95. The summed E-state index contributed by atoms with van der Waals surface area (Å²) < 4.78 is 13.3. The van der Waals surface area contributed by atoms with E-state index in [0.29, 0.717) is 5.41 Å². The van der Waals surface area contributed by atoms with Crippen LogP contribution in [0.25, 0.3) is 0 Å². The van der Waals surface area contributed by atoms with Crippen molar-refractivity contribution in [2.45, 2.75) is 25.7 Å². The van der Waals surface area contributed by atoms with Gasteiger partial charge in [0.05, 0.1) is 0 Å². The van der Waals surface area contributed by atoms with Gasteiger partial charge in [0.15, 0.2) is 0 Å². The van der Waals surface area contributed by atoms with Crippen molar-refractivity contribution < 1.29 is 4.39 Å². The fraction of sp³-hybridized carbons (Fsp3) is 0.571. The lowest BCUT2D eigenvalue weighted by molar-refractivity contribution is 0.176. The number of fused-ring (bicyclic) bond motifs is 1. The van der Waals surface area contributed by atoms with Crippen molar-refractivity contribution in [3.8, 4) is 0 Å². The highest BCUT2D eigenvalue weighted by atomic mass is 32.1. The normalized spacial score (nSPS) is 21.2. The van der Waals surface area contributed by atoms with Gasteiger partial charge in [0, 0.05) is 18.8 Å². The molecule has 3 rings (SSSR count). The summed E-state index contributed by atoms with van der Waals surface area (Å²) in [5.41, 5.74) is 2.79. The van der Waals surface area contributed by atoms with E-state index in [4.69, 9.17) is 0 Å². The molecule has 17 heavy (non-hydrogen) atoms. The van der Waals surface area contributed by atoms with Crippen molar-refractivity contribution in [1.29, 1.82) is 0 Å². The largest absolute Gasteiger partial charge is 0.370 e. The summed E-state index contributed by atoms with van der Waals surface area (Å²) >= 11 is 4.50. The number of hydrogen-bond donors (Lipinski definition) is 1. The molecule has 0 saturated heterocycles. The van der Waals surface area contributed by atoms with Gasteiger partial charge < -0.3 is 4.90 Å². The van der Waals surface area contributed by atoms with E-state index in [1.165, 1.54) is 24.8 Å². The Hall–Kier alpha value is -0.700. The Kier molecular flexibility index (Phi) is 2.81. The highest BCUT2D eigenvalue weighted by Gasteiger charge is 2.38. The van der Waals surface area contributed by atoms with Crippen LogP contribution in [0.5, 0.6) is 0 Å². The third-order valence-electron chi connectivity index (χ3n) is 4.31. The smallest absolute Gasteiger partial charge is 0.125 e. The van der Waals surface area contributed by atoms with Crippen LogP contribution >= 0.6 is 12.6 Å². The van der Waals surface area contributed by atoms with Gasteiger partial charge in [0.25, 0.3) is 0 Å². The number of rotatable bonds is 3. The summed E-state index contributed by atoms with van der Waals surface area (Å²) in [6, 6.07) is 5.19. The second-order valence-electron chi connectivity index (χ2n) is 5.46. The molecule has 1 saturated carbocycles. The van der Waals surface area contributed by atoms with Gasteiger partial charge in [0.2, 0.25) is 0 Å². The van der Waals surface area contributed by atoms with E-state index in [2.05, 4.69) is 17.5 Å². The van der Waals surface area contributed by atoms with Crippen molar-refractivity contribution in [2.24, 2.45) is 5.41 Å². The molecule has 1 aliphatic heterocycles. The highest BCUT2D eigenvalue weighted by molar-refractivity contribution is 7.80. The van der Waals surface area contributed by atoms with Gasteiger partial charge in [-0.15, -0.1) is 0 Å². The topological polar surface area (TPSA) is 3.24 Å². The first kappa shape index (κ1) is 11.4. The van der Waals surface area contributed by atoms with Crippen LogP contribution in [0.15, 0.2) is 18.2 Å². The van der Waals surface area contributed by atoms with Gasteiger partial charge in [-0.2, -0.15) is 12.6 Å². The van der Waals surface area contributed by atoms with Crippen LogP contribution in [0.4, 0.5) is 10.1 Å². The first-order chi connectivity index (χ1) is 8.22. The summed E-state index contributed by atoms with van der Waals surface area (Å²) in [5.74, 6) is 0.831. The quantitative estimate of drug-likeness (QED) is 0.807. The molecule has 92 valence electrons. The minimum absolute atomic E-state index is 0.121. The molecule has 1 nitrogen and oxygen atoms in total. The molecule has 0 amide bonds. The van der Waals surface area contributed by atoms with E-state index in [0.717, 1.165) is 31.0 Å². The van der Waals surface area contributed by atoms with Crippen LogP contribution in [-0.4, -0.2) is 18.8 Å². The Morgan fingerprint density at radius 2 is 2.18 bits per heavy atom. The van der Waals surface area contributed by atoms with E-state index in [1.54, 1.807) is 12.1 Å². The predicted octanol–water partition coefficient (Wildman–Crippen LogP) is 3.29. The number of anilines is 1. The molecule has 1 fully saturated rings. The van der Waals surface area contributed by atoms with Gasteiger partial charge in [-0.05, 0) is 48.1 Å². The molecule has 0 bridgehead atoms. The second kappa shape index (κ2) is 4.20. The summed E-state index contributed by atoms with van der Waals surface area (Å²) in [7, 11) is 0. The molecule has 1 heterocycles. The number of benzene rings is 1. The maximum atomic E-state index is 13.3. The number of nitrogens with zero attached hydrogens (tertiary/aromatic N) is 1. The molecule has 1 aromatic carbocycles. The van der Waals surface area contributed by atoms with Crippen molar-refractivity contribution >= 4 is 18.3 Å². The lowest BCUT2D eigenvalue weighted by Gasteiger charge is -2.44. The minimum atomic E-state index is -0.121. The molecule has 0 radical (unpaired) electrons. The minimum Gasteiger partial charge on any atom is -0.370 e. The summed E-state index contributed by atoms with van der Waals surface area (Å²) in [5, 5.41) is 0. The molecule has 2 aliphatic rings. The van der Waals surface area contributed by atoms with Gasteiger partial charge in [0.1, 0.15) is 5.82 Å². The number of thiol groups is 1. The van der Waals surface area contributed by atoms with Crippen LogP contribution in [-0.2, 0) is 6.42 Å². The summed E-state index contributed by atoms with van der Waals surface area (Å²) in [6.07, 6.45) is 4.93. The lowest BCUT2D eigenvalue weighted by Crippen LogP contribution is -2.43. The first-order valence-electron chi connectivity index (χ1n) is 6.37. The van der Waals surface area contributed by atoms with Crippen molar-refractivity contribution in [3.05, 3.63) is 29.6 Å². The van der Waals surface area contributed by atoms with E-state index in [-0.39, 0.29) is 5.82 Å². The third-order valence-corrected chi connectivity index (χ3v) is 4.99. The number of hydrogen-bond acceptors (Lipinski definition) is 2. The van der Waals surface area contributed by atoms with E-state index >= 15 is 0 Å². The van der Waals surface area contributed by atoms with Crippen LogP contribution < -0.4 is 4.90 Å². The molecule has 0 unspecified atom stereocenters. The number of halogens is 1. The lowest BCUT2D eigenvalue weighted by atomic mass is 9.70. The predicted molar refractivity (Wildman–Crippen MR) is 72.5 cm³/mol. The molecule has 0 spiro atoms. The SMILES string of the molecule is Fc1ccc2c(c1)N(CC1(CS)CCC1)CC2. The summed E-state index contributed by atoms with van der Waals surface area (Å²) in [6.45, 7) is 2.08. The van der Waals surface area contributed by atoms with Crippen LogP contribution in [0.1, 0.15) is 24.8 Å². The standard InChI is InChI=1S/C14H18FNS/c15-12-3-2-11-4-7-16(13(11)8-12)9-14(10-17)5-1-6-14/h2-3,8,17H,1,4-7,9-10H2. The van der Waals surface area contributed by atoms with Gasteiger partial charge in [-0.25, -0.2) is 4.39 Å². The fourth-order valence-electron chi connectivity index (χ4n) is 3.03. The average Bonchev–Trinajstić information content (AvgIpc) is 2.66. The molecule has 0 atom stereocenters. The van der Waals surface area contributed by atoms with Crippen LogP contribution in [0.2, 0.25) is 0 Å². The Labute approximate surface area is 107 Å². The van der Waals surface area contributed by atoms with Crippen molar-refractivity contribution in [2.75, 3.05) is 23.7 Å². The summed E-state index contributed by atoms with van der Waals surface area (Å²) in [4.78, 5) is 2.35. The maximum absolute atomic E-state index is 13.3. The van der Waals surface area contributed by atoms with E-state index in [1.807, 2.05) is 6.07 Å². The zero-order chi connectivity index (χ0) is 11.9. The average molecular weight is 251 g/mol. The van der Waals surface area contributed by atoms with Crippen molar-refractivity contribution in [1.82, 2.24) is 0 Å². The maximum Gasteiger partial charge on any atom is 0.125 e. The Balaban J connectivity index is 1.81. The Bertz CT molecular complexity index is 423. The van der Waals surface area contributed by atoms with Crippen molar-refractivity contribution in [3.63, 3.8) is 0 Å². The second-order valence-corrected chi connectivity index (χ2v) is 5.77. The first-order valence-corrected chi connectivity index (χ1v) is 7.00. The Morgan fingerprint density at radius 1 is 1.35 bits per heavy atom. The molecule has 1 aliphatic carbocycles. The monoisotopic (exact) mass is 251 g/mol. The molecule has 1 aromatic rings.